The lowest BCUT2D eigenvalue weighted by Crippen LogP contribution is -2.49. The van der Waals surface area contributed by atoms with Crippen molar-refractivity contribution in [2.45, 2.75) is 45.8 Å². The summed E-state index contributed by atoms with van der Waals surface area (Å²) in [5.74, 6) is -0.0276. The lowest BCUT2D eigenvalue weighted by molar-refractivity contribution is -0.385. The van der Waals surface area contributed by atoms with Crippen LogP contribution in [-0.2, 0) is 22.6 Å². The quantitative estimate of drug-likeness (QED) is 0.503. The van der Waals surface area contributed by atoms with Crippen molar-refractivity contribution in [1.29, 1.82) is 0 Å². The predicted molar refractivity (Wildman–Crippen MR) is 113 cm³/mol. The zero-order valence-corrected chi connectivity index (χ0v) is 17.6. The van der Waals surface area contributed by atoms with Crippen LogP contribution in [0.4, 0.5) is 5.69 Å². The maximum Gasteiger partial charge on any atom is 0.273 e. The molecule has 1 unspecified atom stereocenters. The molecular weight excluding hydrogens is 386 g/mol. The van der Waals surface area contributed by atoms with Crippen LogP contribution < -0.4 is 10.1 Å². The van der Waals surface area contributed by atoms with Gasteiger partial charge in [-0.2, -0.15) is 0 Å². The predicted octanol–water partition coefficient (Wildman–Crippen LogP) is 3.09. The van der Waals surface area contributed by atoms with Crippen molar-refractivity contribution in [1.82, 2.24) is 10.2 Å². The normalized spacial score (nSPS) is 11.6. The van der Waals surface area contributed by atoms with Crippen molar-refractivity contribution >= 4 is 17.5 Å². The number of nitro benzene ring substituents is 1. The highest BCUT2D eigenvalue weighted by Gasteiger charge is 2.28. The maximum absolute atomic E-state index is 13.2. The van der Waals surface area contributed by atoms with E-state index in [1.54, 1.807) is 50.4 Å². The van der Waals surface area contributed by atoms with Crippen LogP contribution in [0.3, 0.4) is 0 Å². The van der Waals surface area contributed by atoms with Crippen LogP contribution in [0.25, 0.3) is 0 Å². The summed E-state index contributed by atoms with van der Waals surface area (Å²) >= 11 is 0. The van der Waals surface area contributed by atoms with Gasteiger partial charge in [0.25, 0.3) is 5.69 Å². The SMILES string of the molecule is COc1cccc(CN(C(=O)Cc2ccccc2[N+](=O)[O-])C(C)C(=O)NC(C)C)c1. The molecule has 0 fully saturated rings. The Balaban J connectivity index is 2.33. The Hall–Kier alpha value is -3.42. The number of carbonyl (C=O) groups is 2. The average molecular weight is 413 g/mol. The van der Waals surface area contributed by atoms with Gasteiger partial charge >= 0.3 is 0 Å². The van der Waals surface area contributed by atoms with E-state index >= 15 is 0 Å². The van der Waals surface area contributed by atoms with E-state index in [0.29, 0.717) is 11.3 Å². The summed E-state index contributed by atoms with van der Waals surface area (Å²) in [7, 11) is 1.55. The summed E-state index contributed by atoms with van der Waals surface area (Å²) in [6.07, 6.45) is -0.180. The van der Waals surface area contributed by atoms with Crippen LogP contribution >= 0.6 is 0 Å². The molecule has 8 heteroatoms. The monoisotopic (exact) mass is 413 g/mol. The van der Waals surface area contributed by atoms with Crippen molar-refractivity contribution in [2.75, 3.05) is 7.11 Å². The van der Waals surface area contributed by atoms with E-state index in [4.69, 9.17) is 4.74 Å². The van der Waals surface area contributed by atoms with Gasteiger partial charge in [-0.05, 0) is 38.5 Å². The number of ether oxygens (including phenoxy) is 1. The van der Waals surface area contributed by atoms with E-state index in [1.165, 1.54) is 11.0 Å². The molecule has 8 nitrogen and oxygen atoms in total. The minimum absolute atomic E-state index is 0.0797. The third-order valence-corrected chi connectivity index (χ3v) is 4.62. The minimum Gasteiger partial charge on any atom is -0.497 e. The second-order valence-electron chi connectivity index (χ2n) is 7.28. The van der Waals surface area contributed by atoms with Gasteiger partial charge in [-0.25, -0.2) is 0 Å². The lowest BCUT2D eigenvalue weighted by atomic mass is 10.1. The number of hydrogen-bond donors (Lipinski definition) is 1. The van der Waals surface area contributed by atoms with Crippen LogP contribution in [0.1, 0.15) is 31.9 Å². The molecule has 160 valence electrons. The van der Waals surface area contributed by atoms with Gasteiger partial charge in [-0.1, -0.05) is 30.3 Å². The number of rotatable bonds is 9. The first kappa shape index (κ1) is 22.9. The van der Waals surface area contributed by atoms with Crippen LogP contribution in [0.2, 0.25) is 0 Å². The molecule has 0 spiro atoms. The summed E-state index contributed by atoms with van der Waals surface area (Å²) in [6.45, 7) is 5.50. The third kappa shape index (κ3) is 6.04. The first-order chi connectivity index (χ1) is 14.2. The number of para-hydroxylation sites is 1. The van der Waals surface area contributed by atoms with Crippen molar-refractivity contribution in [3.63, 3.8) is 0 Å². The molecule has 0 bridgehead atoms. The molecule has 0 radical (unpaired) electrons. The standard InChI is InChI=1S/C22H27N3O5/c1-15(2)23-22(27)16(3)24(14-17-8-7-10-19(12-17)30-4)21(26)13-18-9-5-6-11-20(18)25(28)29/h5-12,15-16H,13-14H2,1-4H3,(H,23,27). The molecule has 0 saturated heterocycles. The van der Waals surface area contributed by atoms with Gasteiger partial charge in [-0.3, -0.25) is 19.7 Å². The van der Waals surface area contributed by atoms with Crippen LogP contribution in [0.5, 0.6) is 5.75 Å². The van der Waals surface area contributed by atoms with Crippen LogP contribution in [0, 0.1) is 10.1 Å². The summed E-state index contributed by atoms with van der Waals surface area (Å²) in [5, 5.41) is 14.1. The molecule has 0 aliphatic heterocycles. The second kappa shape index (κ2) is 10.4. The van der Waals surface area contributed by atoms with Gasteiger partial charge in [0.05, 0.1) is 18.5 Å². The fraction of sp³-hybridized carbons (Fsp3) is 0.364. The summed E-state index contributed by atoms with van der Waals surface area (Å²) in [5.41, 5.74) is 0.973. The van der Waals surface area contributed by atoms with E-state index in [2.05, 4.69) is 5.32 Å². The highest BCUT2D eigenvalue weighted by molar-refractivity contribution is 5.88. The van der Waals surface area contributed by atoms with Gasteiger partial charge in [-0.15, -0.1) is 0 Å². The first-order valence-corrected chi connectivity index (χ1v) is 9.68. The van der Waals surface area contributed by atoms with Crippen molar-refractivity contribution in [2.24, 2.45) is 0 Å². The molecule has 2 rings (SSSR count). The first-order valence-electron chi connectivity index (χ1n) is 9.68. The summed E-state index contributed by atoms with van der Waals surface area (Å²) in [4.78, 5) is 38.0. The number of benzene rings is 2. The van der Waals surface area contributed by atoms with Gasteiger partial charge < -0.3 is 15.0 Å². The zero-order valence-electron chi connectivity index (χ0n) is 17.6. The molecule has 1 N–H and O–H groups in total. The summed E-state index contributed by atoms with van der Waals surface area (Å²) in [6, 6.07) is 12.5. The number of amides is 2. The molecular formula is C22H27N3O5. The number of nitrogens with one attached hydrogen (secondary N) is 1. The van der Waals surface area contributed by atoms with E-state index < -0.39 is 11.0 Å². The number of methoxy groups -OCH3 is 1. The highest BCUT2D eigenvalue weighted by atomic mass is 16.6. The molecule has 0 aromatic heterocycles. The van der Waals surface area contributed by atoms with Gasteiger partial charge in [0.2, 0.25) is 11.8 Å². The number of hydrogen-bond acceptors (Lipinski definition) is 5. The Bertz CT molecular complexity index is 913. The fourth-order valence-electron chi connectivity index (χ4n) is 3.06. The van der Waals surface area contributed by atoms with Crippen molar-refractivity contribution in [3.8, 4) is 5.75 Å². The molecule has 2 aromatic rings. The molecule has 0 heterocycles. The number of carbonyl (C=O) groups excluding carboxylic acids is 2. The van der Waals surface area contributed by atoms with Crippen LogP contribution in [0.15, 0.2) is 48.5 Å². The molecule has 0 saturated carbocycles. The lowest BCUT2D eigenvalue weighted by Gasteiger charge is -2.29. The second-order valence-corrected chi connectivity index (χ2v) is 7.28. The fourth-order valence-corrected chi connectivity index (χ4v) is 3.06. The molecule has 1 atom stereocenters. The van der Waals surface area contributed by atoms with Crippen molar-refractivity contribution < 1.29 is 19.2 Å². The zero-order chi connectivity index (χ0) is 22.3. The molecule has 0 aliphatic rings. The van der Waals surface area contributed by atoms with Gasteiger partial charge in [0, 0.05) is 24.2 Å². The molecule has 2 amide bonds. The van der Waals surface area contributed by atoms with E-state index in [0.717, 1.165) is 5.56 Å². The summed E-state index contributed by atoms with van der Waals surface area (Å²) < 4.78 is 5.24. The Kier molecular flexibility index (Phi) is 7.91. The third-order valence-electron chi connectivity index (χ3n) is 4.62. The molecule has 0 aliphatic carbocycles. The maximum atomic E-state index is 13.2. The van der Waals surface area contributed by atoms with Gasteiger partial charge in [0.15, 0.2) is 0 Å². The minimum atomic E-state index is -0.756. The van der Waals surface area contributed by atoms with Gasteiger partial charge in [0.1, 0.15) is 11.8 Å². The van der Waals surface area contributed by atoms with E-state index in [-0.39, 0.29) is 36.5 Å². The van der Waals surface area contributed by atoms with E-state index in [9.17, 15) is 19.7 Å². The molecule has 2 aromatic carbocycles. The largest absolute Gasteiger partial charge is 0.497 e. The Labute approximate surface area is 176 Å². The highest BCUT2D eigenvalue weighted by Crippen LogP contribution is 2.21. The number of nitrogens with zero attached hydrogens (tertiary/aromatic N) is 2. The smallest absolute Gasteiger partial charge is 0.273 e. The Morgan fingerprint density at radius 1 is 1.13 bits per heavy atom. The van der Waals surface area contributed by atoms with E-state index in [1.807, 2.05) is 19.9 Å². The Morgan fingerprint density at radius 3 is 2.47 bits per heavy atom. The molecule has 30 heavy (non-hydrogen) atoms. The Morgan fingerprint density at radius 2 is 1.83 bits per heavy atom. The number of nitro groups is 1. The average Bonchev–Trinajstić information content (AvgIpc) is 2.71. The van der Waals surface area contributed by atoms with Crippen LogP contribution in [-0.4, -0.2) is 40.8 Å². The topological polar surface area (TPSA) is 102 Å². The van der Waals surface area contributed by atoms with Crippen molar-refractivity contribution in [3.05, 3.63) is 69.8 Å².